The molecular formula is C5H10ClN3OS. The number of nitrogens with zero attached hydrogens (tertiary/aromatic N) is 2. The molecule has 0 aliphatic rings. The van der Waals surface area contributed by atoms with Gasteiger partial charge in [0.1, 0.15) is 7.11 Å². The van der Waals surface area contributed by atoms with Crippen LogP contribution in [-0.2, 0) is 6.42 Å². The first-order chi connectivity index (χ1) is 4.79. The molecule has 0 spiro atoms. The molecule has 0 saturated carbocycles. The van der Waals surface area contributed by atoms with Crippen molar-refractivity contribution in [3.8, 4) is 0 Å². The van der Waals surface area contributed by atoms with Crippen LogP contribution >= 0.6 is 24.6 Å². The zero-order valence-corrected chi connectivity index (χ0v) is 7.96. The number of aryl methyl sites for hydroxylation is 1. The summed E-state index contributed by atoms with van der Waals surface area (Å²) in [5.41, 5.74) is 0. The van der Waals surface area contributed by atoms with E-state index in [1.807, 2.05) is 6.92 Å². The summed E-state index contributed by atoms with van der Waals surface area (Å²) in [6, 6.07) is 0. The van der Waals surface area contributed by atoms with Crippen LogP contribution in [0, 0.1) is 4.77 Å². The monoisotopic (exact) mass is 195 g/mol. The van der Waals surface area contributed by atoms with Crippen LogP contribution in [0.2, 0.25) is 0 Å². The van der Waals surface area contributed by atoms with Crippen molar-refractivity contribution in [2.24, 2.45) is 0 Å². The Hall–Kier alpha value is -0.550. The van der Waals surface area contributed by atoms with Gasteiger partial charge < -0.3 is 4.84 Å². The Kier molecular flexibility index (Phi) is 4.14. The minimum atomic E-state index is 0. The van der Waals surface area contributed by atoms with Crippen molar-refractivity contribution in [3.05, 3.63) is 10.6 Å². The Labute approximate surface area is 75.9 Å². The summed E-state index contributed by atoms with van der Waals surface area (Å²) in [5, 5.41) is 6.56. The fourth-order valence-corrected chi connectivity index (χ4v) is 0.957. The fraction of sp³-hybridized carbons (Fsp3) is 0.600. The third kappa shape index (κ3) is 1.94. The predicted octanol–water partition coefficient (Wildman–Crippen LogP) is 0.983. The molecule has 11 heavy (non-hydrogen) atoms. The Morgan fingerprint density at radius 1 is 1.73 bits per heavy atom. The van der Waals surface area contributed by atoms with Crippen LogP contribution in [0.15, 0.2) is 0 Å². The van der Waals surface area contributed by atoms with Gasteiger partial charge in [-0.05, 0) is 12.2 Å². The molecule has 0 saturated heterocycles. The van der Waals surface area contributed by atoms with Crippen LogP contribution in [0.3, 0.4) is 0 Å². The molecule has 1 aromatic heterocycles. The number of hydrogen-bond acceptors (Lipinski definition) is 3. The van der Waals surface area contributed by atoms with Gasteiger partial charge in [0.25, 0.3) is 0 Å². The van der Waals surface area contributed by atoms with Crippen molar-refractivity contribution in [1.29, 1.82) is 0 Å². The van der Waals surface area contributed by atoms with Gasteiger partial charge in [-0.15, -0.1) is 17.1 Å². The van der Waals surface area contributed by atoms with Gasteiger partial charge in [0, 0.05) is 6.42 Å². The molecule has 64 valence electrons. The van der Waals surface area contributed by atoms with Crippen LogP contribution in [-0.4, -0.2) is 22.0 Å². The molecule has 0 radical (unpaired) electrons. The number of rotatable bonds is 2. The van der Waals surface area contributed by atoms with E-state index < -0.39 is 0 Å². The van der Waals surface area contributed by atoms with Gasteiger partial charge in [-0.1, -0.05) is 6.92 Å². The van der Waals surface area contributed by atoms with Gasteiger partial charge in [0.2, 0.25) is 4.77 Å². The van der Waals surface area contributed by atoms with Crippen molar-refractivity contribution in [3.63, 3.8) is 0 Å². The maximum absolute atomic E-state index is 4.93. The summed E-state index contributed by atoms with van der Waals surface area (Å²) in [4.78, 5) is 4.93. The number of halogens is 1. The second-order valence-corrected chi connectivity index (χ2v) is 2.16. The number of aromatic nitrogens is 3. The number of aromatic amines is 1. The molecule has 0 aromatic carbocycles. The van der Waals surface area contributed by atoms with E-state index in [1.165, 1.54) is 4.73 Å². The first-order valence-corrected chi connectivity index (χ1v) is 3.41. The Morgan fingerprint density at radius 2 is 2.36 bits per heavy atom. The van der Waals surface area contributed by atoms with E-state index in [2.05, 4.69) is 10.2 Å². The maximum Gasteiger partial charge on any atom is 0.230 e. The van der Waals surface area contributed by atoms with Crippen molar-refractivity contribution in [2.45, 2.75) is 13.3 Å². The summed E-state index contributed by atoms with van der Waals surface area (Å²) in [5.74, 6) is 0.813. The van der Waals surface area contributed by atoms with E-state index in [9.17, 15) is 0 Å². The molecule has 0 fully saturated rings. The first-order valence-electron chi connectivity index (χ1n) is 3.00. The second kappa shape index (κ2) is 4.35. The first kappa shape index (κ1) is 10.4. The normalized spacial score (nSPS) is 8.91. The van der Waals surface area contributed by atoms with E-state index >= 15 is 0 Å². The number of hydrogen-bond donors (Lipinski definition) is 1. The third-order valence-electron chi connectivity index (χ3n) is 1.20. The summed E-state index contributed by atoms with van der Waals surface area (Å²) in [6.45, 7) is 1.99. The van der Waals surface area contributed by atoms with Gasteiger partial charge in [-0.2, -0.15) is 5.10 Å². The molecule has 1 rings (SSSR count). The van der Waals surface area contributed by atoms with Crippen LogP contribution in [0.5, 0.6) is 0 Å². The lowest BCUT2D eigenvalue weighted by atomic mass is 10.5. The summed E-state index contributed by atoms with van der Waals surface area (Å²) in [7, 11) is 1.56. The van der Waals surface area contributed by atoms with Crippen molar-refractivity contribution in [1.82, 2.24) is 14.9 Å². The maximum atomic E-state index is 4.93. The van der Waals surface area contributed by atoms with Gasteiger partial charge >= 0.3 is 0 Å². The van der Waals surface area contributed by atoms with Crippen LogP contribution in [0.4, 0.5) is 0 Å². The summed E-state index contributed by atoms with van der Waals surface area (Å²) in [6.07, 6.45) is 0.807. The highest BCUT2D eigenvalue weighted by molar-refractivity contribution is 7.71. The molecule has 1 N–H and O–H groups in total. The highest BCUT2D eigenvalue weighted by Gasteiger charge is 2.00. The molecule has 0 atom stereocenters. The average molecular weight is 196 g/mol. The zero-order chi connectivity index (χ0) is 7.56. The molecule has 1 aromatic rings. The molecule has 4 nitrogen and oxygen atoms in total. The van der Waals surface area contributed by atoms with Crippen molar-refractivity contribution >= 4 is 24.6 Å². The summed E-state index contributed by atoms with van der Waals surface area (Å²) >= 11 is 4.86. The average Bonchev–Trinajstić information content (AvgIpc) is 2.30. The Balaban J connectivity index is 0.000001000. The quantitative estimate of drug-likeness (QED) is 0.716. The molecule has 0 bridgehead atoms. The third-order valence-corrected chi connectivity index (χ3v) is 1.46. The molecule has 0 aliphatic heterocycles. The smallest absolute Gasteiger partial charge is 0.230 e. The van der Waals surface area contributed by atoms with Crippen LogP contribution in [0.25, 0.3) is 0 Å². The predicted molar refractivity (Wildman–Crippen MR) is 46.5 cm³/mol. The second-order valence-electron chi connectivity index (χ2n) is 1.78. The Morgan fingerprint density at radius 3 is 2.73 bits per heavy atom. The largest absolute Gasteiger partial charge is 0.413 e. The molecule has 1 heterocycles. The SMILES string of the molecule is CCc1n[nH]c(=S)n1OC.Cl. The summed E-state index contributed by atoms with van der Waals surface area (Å²) < 4.78 is 1.99. The number of H-pyrrole nitrogens is 1. The highest BCUT2D eigenvalue weighted by atomic mass is 35.5. The fourth-order valence-electron chi connectivity index (χ4n) is 0.731. The number of nitrogens with one attached hydrogen (secondary N) is 1. The zero-order valence-electron chi connectivity index (χ0n) is 6.33. The van der Waals surface area contributed by atoms with Gasteiger partial charge in [0.15, 0.2) is 5.82 Å². The minimum absolute atomic E-state index is 0. The van der Waals surface area contributed by atoms with E-state index in [4.69, 9.17) is 17.1 Å². The lowest BCUT2D eigenvalue weighted by molar-refractivity contribution is 0.154. The lowest BCUT2D eigenvalue weighted by Gasteiger charge is -1.99. The van der Waals surface area contributed by atoms with Crippen molar-refractivity contribution in [2.75, 3.05) is 7.11 Å². The van der Waals surface area contributed by atoms with E-state index in [-0.39, 0.29) is 12.4 Å². The molecule has 0 unspecified atom stereocenters. The Bertz CT molecular complexity index is 269. The lowest BCUT2D eigenvalue weighted by Crippen LogP contribution is -2.09. The molecule has 0 amide bonds. The van der Waals surface area contributed by atoms with Gasteiger partial charge in [-0.3, -0.25) is 0 Å². The highest BCUT2D eigenvalue weighted by Crippen LogP contribution is 1.93. The van der Waals surface area contributed by atoms with Crippen molar-refractivity contribution < 1.29 is 4.84 Å². The van der Waals surface area contributed by atoms with E-state index in [0.29, 0.717) is 4.77 Å². The molecular weight excluding hydrogens is 186 g/mol. The van der Waals surface area contributed by atoms with Crippen LogP contribution in [0.1, 0.15) is 12.7 Å². The standard InChI is InChI=1S/C5H9N3OS.ClH/c1-3-4-6-7-5(10)8(4)9-2;/h3H2,1-2H3,(H,7,10);1H. The van der Waals surface area contributed by atoms with Gasteiger partial charge in [-0.25, -0.2) is 5.10 Å². The van der Waals surface area contributed by atoms with Gasteiger partial charge in [0.05, 0.1) is 0 Å². The molecule has 0 aliphatic carbocycles. The molecule has 6 heteroatoms. The van der Waals surface area contributed by atoms with E-state index in [1.54, 1.807) is 7.11 Å². The van der Waals surface area contributed by atoms with E-state index in [0.717, 1.165) is 12.2 Å². The minimum Gasteiger partial charge on any atom is -0.413 e. The topological polar surface area (TPSA) is 42.8 Å². The van der Waals surface area contributed by atoms with Crippen LogP contribution < -0.4 is 4.84 Å².